The molecule has 1 radical (unpaired) electrons. The Kier molecular flexibility index (Phi) is 0.886. The Hall–Kier alpha value is -1.12. The molecule has 3 nitrogen and oxygen atoms in total. The average Bonchev–Trinajstić information content (AvgIpc) is 2.33. The Labute approximate surface area is 53.1 Å². The third-order valence-corrected chi connectivity index (χ3v) is 1.40. The van der Waals surface area contributed by atoms with Crippen LogP contribution in [0, 0.1) is 6.07 Å². The molecule has 0 amide bonds. The SMILES string of the molecule is [c]1cnnc2c1NCC2. The van der Waals surface area contributed by atoms with Crippen molar-refractivity contribution in [2.24, 2.45) is 0 Å². The lowest BCUT2D eigenvalue weighted by Crippen LogP contribution is -1.90. The lowest BCUT2D eigenvalue weighted by atomic mass is 10.3. The molecule has 0 unspecified atom stereocenters. The molecule has 1 aliphatic rings. The van der Waals surface area contributed by atoms with E-state index in [9.17, 15) is 0 Å². The third-order valence-electron chi connectivity index (χ3n) is 1.40. The van der Waals surface area contributed by atoms with Crippen molar-refractivity contribution < 1.29 is 0 Å². The predicted octanol–water partition coefficient (Wildman–Crippen LogP) is 0.245. The highest BCUT2D eigenvalue weighted by Crippen LogP contribution is 2.15. The zero-order chi connectivity index (χ0) is 6.10. The summed E-state index contributed by atoms with van der Waals surface area (Å²) in [4.78, 5) is 0. The predicted molar refractivity (Wildman–Crippen MR) is 33.1 cm³/mol. The van der Waals surface area contributed by atoms with Gasteiger partial charge in [0.25, 0.3) is 0 Å². The number of nitrogens with zero attached hydrogens (tertiary/aromatic N) is 2. The number of nitrogens with one attached hydrogen (secondary N) is 1. The molecule has 1 aromatic rings. The van der Waals surface area contributed by atoms with Gasteiger partial charge in [-0.3, -0.25) is 0 Å². The van der Waals surface area contributed by atoms with Gasteiger partial charge in [0.05, 0.1) is 17.6 Å². The van der Waals surface area contributed by atoms with Crippen LogP contribution in [0.1, 0.15) is 5.69 Å². The summed E-state index contributed by atoms with van der Waals surface area (Å²) < 4.78 is 0. The van der Waals surface area contributed by atoms with Crippen LogP contribution < -0.4 is 5.32 Å². The van der Waals surface area contributed by atoms with Crippen molar-refractivity contribution in [2.75, 3.05) is 11.9 Å². The summed E-state index contributed by atoms with van der Waals surface area (Å²) in [5.74, 6) is 0. The van der Waals surface area contributed by atoms with Crippen LogP contribution in [0.4, 0.5) is 5.69 Å². The van der Waals surface area contributed by atoms with Crippen LogP contribution in [-0.4, -0.2) is 16.7 Å². The zero-order valence-electron chi connectivity index (χ0n) is 4.89. The lowest BCUT2D eigenvalue weighted by Gasteiger charge is -1.91. The van der Waals surface area contributed by atoms with E-state index in [0.717, 1.165) is 24.3 Å². The Morgan fingerprint density at radius 1 is 1.67 bits per heavy atom. The second-order valence-corrected chi connectivity index (χ2v) is 1.99. The monoisotopic (exact) mass is 120 g/mol. The smallest absolute Gasteiger partial charge is 0.0885 e. The van der Waals surface area contributed by atoms with E-state index in [0.29, 0.717) is 0 Å². The van der Waals surface area contributed by atoms with Crippen molar-refractivity contribution in [3.05, 3.63) is 18.0 Å². The summed E-state index contributed by atoms with van der Waals surface area (Å²) in [6, 6.07) is 2.96. The van der Waals surface area contributed by atoms with Crippen LogP contribution in [0.5, 0.6) is 0 Å². The van der Waals surface area contributed by atoms with E-state index >= 15 is 0 Å². The van der Waals surface area contributed by atoms with Gasteiger partial charge in [-0.1, -0.05) is 0 Å². The van der Waals surface area contributed by atoms with Crippen LogP contribution >= 0.6 is 0 Å². The summed E-state index contributed by atoms with van der Waals surface area (Å²) in [5, 5.41) is 10.8. The molecule has 2 rings (SSSR count). The van der Waals surface area contributed by atoms with Crippen LogP contribution in [0.25, 0.3) is 0 Å². The van der Waals surface area contributed by atoms with Crippen molar-refractivity contribution >= 4 is 5.69 Å². The molecule has 9 heavy (non-hydrogen) atoms. The summed E-state index contributed by atoms with van der Waals surface area (Å²) in [5.41, 5.74) is 2.06. The number of hydrogen-bond acceptors (Lipinski definition) is 3. The largest absolute Gasteiger partial charge is 0.383 e. The number of aromatic nitrogens is 2. The molecule has 0 spiro atoms. The third kappa shape index (κ3) is 0.650. The maximum Gasteiger partial charge on any atom is 0.0885 e. The number of rotatable bonds is 0. The Morgan fingerprint density at radius 3 is 3.56 bits per heavy atom. The van der Waals surface area contributed by atoms with Gasteiger partial charge in [-0.05, 0) is 0 Å². The molecule has 0 saturated carbocycles. The van der Waals surface area contributed by atoms with Gasteiger partial charge in [0.15, 0.2) is 0 Å². The first-order valence-electron chi connectivity index (χ1n) is 2.93. The van der Waals surface area contributed by atoms with Gasteiger partial charge in [0.1, 0.15) is 0 Å². The number of hydrogen-bond donors (Lipinski definition) is 1. The molecule has 2 heterocycles. The lowest BCUT2D eigenvalue weighted by molar-refractivity contribution is 0.939. The molecule has 0 aliphatic carbocycles. The fourth-order valence-electron chi connectivity index (χ4n) is 0.959. The maximum atomic E-state index is 3.92. The second-order valence-electron chi connectivity index (χ2n) is 1.99. The van der Waals surface area contributed by atoms with Crippen LogP contribution in [0.15, 0.2) is 6.20 Å². The van der Waals surface area contributed by atoms with Crippen molar-refractivity contribution in [2.45, 2.75) is 6.42 Å². The molecule has 0 fully saturated rings. The van der Waals surface area contributed by atoms with E-state index in [4.69, 9.17) is 0 Å². The fourth-order valence-corrected chi connectivity index (χ4v) is 0.959. The summed E-state index contributed by atoms with van der Waals surface area (Å²) in [7, 11) is 0. The Morgan fingerprint density at radius 2 is 2.67 bits per heavy atom. The molecule has 0 saturated heterocycles. The van der Waals surface area contributed by atoms with Crippen molar-refractivity contribution in [1.82, 2.24) is 10.2 Å². The quantitative estimate of drug-likeness (QED) is 0.533. The van der Waals surface area contributed by atoms with Gasteiger partial charge in [0.2, 0.25) is 0 Å². The molecule has 1 N–H and O–H groups in total. The van der Waals surface area contributed by atoms with E-state index in [1.807, 2.05) is 0 Å². The van der Waals surface area contributed by atoms with Gasteiger partial charge in [-0.25, -0.2) is 0 Å². The molecule has 0 atom stereocenters. The van der Waals surface area contributed by atoms with Crippen LogP contribution in [0.3, 0.4) is 0 Å². The highest BCUT2D eigenvalue weighted by molar-refractivity contribution is 5.49. The Bertz CT molecular complexity index is 198. The number of fused-ring (bicyclic) bond motifs is 1. The van der Waals surface area contributed by atoms with E-state index < -0.39 is 0 Å². The minimum atomic E-state index is 0.977. The minimum Gasteiger partial charge on any atom is -0.383 e. The van der Waals surface area contributed by atoms with Crippen molar-refractivity contribution in [1.29, 1.82) is 0 Å². The summed E-state index contributed by atoms with van der Waals surface area (Å²) in [6.07, 6.45) is 2.57. The zero-order valence-corrected chi connectivity index (χ0v) is 4.89. The number of anilines is 1. The van der Waals surface area contributed by atoms with Crippen LogP contribution in [-0.2, 0) is 6.42 Å². The van der Waals surface area contributed by atoms with Gasteiger partial charge in [-0.15, -0.1) is 0 Å². The van der Waals surface area contributed by atoms with Crippen LogP contribution in [0.2, 0.25) is 0 Å². The second kappa shape index (κ2) is 1.69. The molecule has 1 aliphatic heterocycles. The minimum absolute atomic E-state index is 0.977. The molecular formula is C6H6N3. The first-order valence-corrected chi connectivity index (χ1v) is 2.93. The molecule has 3 heteroatoms. The standard InChI is InChI=1S/C6H6N3/c1-3-7-5-2-4-8-9-6(1)5/h4,7H,1,3H2. The summed E-state index contributed by atoms with van der Waals surface area (Å²) >= 11 is 0. The maximum absolute atomic E-state index is 3.92. The normalized spacial score (nSPS) is 14.7. The van der Waals surface area contributed by atoms with Crippen molar-refractivity contribution in [3.8, 4) is 0 Å². The first-order chi connectivity index (χ1) is 4.47. The van der Waals surface area contributed by atoms with E-state index in [1.54, 1.807) is 6.20 Å². The van der Waals surface area contributed by atoms with Gasteiger partial charge >= 0.3 is 0 Å². The van der Waals surface area contributed by atoms with Gasteiger partial charge in [-0.2, -0.15) is 10.2 Å². The van der Waals surface area contributed by atoms with E-state index in [1.165, 1.54) is 0 Å². The molecular weight excluding hydrogens is 114 g/mol. The first kappa shape index (κ1) is 4.73. The topological polar surface area (TPSA) is 37.8 Å². The molecule has 0 aromatic carbocycles. The highest BCUT2D eigenvalue weighted by Gasteiger charge is 2.09. The molecule has 45 valence electrons. The fraction of sp³-hybridized carbons (Fsp3) is 0.333. The Balaban J connectivity index is 2.54. The van der Waals surface area contributed by atoms with Gasteiger partial charge in [0, 0.05) is 19.0 Å². The average molecular weight is 120 g/mol. The van der Waals surface area contributed by atoms with Crippen molar-refractivity contribution in [3.63, 3.8) is 0 Å². The summed E-state index contributed by atoms with van der Waals surface area (Å²) in [6.45, 7) is 0.977. The molecule has 0 bridgehead atoms. The van der Waals surface area contributed by atoms with Gasteiger partial charge < -0.3 is 5.32 Å². The highest BCUT2D eigenvalue weighted by atomic mass is 15.1. The molecule has 1 aromatic heterocycles. The van der Waals surface area contributed by atoms with E-state index in [-0.39, 0.29) is 0 Å². The van der Waals surface area contributed by atoms with E-state index in [2.05, 4.69) is 21.6 Å².